The van der Waals surface area contributed by atoms with Crippen molar-refractivity contribution in [2.45, 2.75) is 29.4 Å². The van der Waals surface area contributed by atoms with Gasteiger partial charge in [-0.25, -0.2) is 13.2 Å². The van der Waals surface area contributed by atoms with Crippen molar-refractivity contribution in [2.24, 2.45) is 0 Å². The first kappa shape index (κ1) is 19.1. The standard InChI is InChI=1S/C15H19IN2O5S/c16-13(15(20)21)17-14(19)12-7-4-9-18(12)24(22,23)10-8-11-5-2-1-3-6-11/h1-3,5-6,12-13H,4,7-10H2,(H,17,19)(H,20,21). The minimum absolute atomic E-state index is 0.0760. The Kier molecular flexibility index (Phi) is 6.58. The number of carboxylic acid groups (broad SMARTS) is 1. The smallest absolute Gasteiger partial charge is 0.336 e. The molecular formula is C15H19IN2O5S. The zero-order valence-electron chi connectivity index (χ0n) is 12.9. The highest BCUT2D eigenvalue weighted by Crippen LogP contribution is 2.22. The molecule has 0 bridgehead atoms. The number of aliphatic carboxylic acids is 1. The normalized spacial score (nSPS) is 19.8. The van der Waals surface area contributed by atoms with Gasteiger partial charge in [-0.05, 0) is 47.4 Å². The van der Waals surface area contributed by atoms with E-state index in [1.54, 1.807) is 22.6 Å². The van der Waals surface area contributed by atoms with Gasteiger partial charge >= 0.3 is 5.97 Å². The van der Waals surface area contributed by atoms with Gasteiger partial charge in [-0.15, -0.1) is 0 Å². The van der Waals surface area contributed by atoms with E-state index in [-0.39, 0.29) is 12.3 Å². The summed E-state index contributed by atoms with van der Waals surface area (Å²) in [5.41, 5.74) is 0.916. The third-order valence-corrected chi connectivity index (χ3v) is 6.56. The zero-order chi connectivity index (χ0) is 17.7. The summed E-state index contributed by atoms with van der Waals surface area (Å²) in [6, 6.07) is 8.44. The predicted molar refractivity (Wildman–Crippen MR) is 97.2 cm³/mol. The number of nitrogens with one attached hydrogen (secondary N) is 1. The van der Waals surface area contributed by atoms with Gasteiger partial charge in [0.2, 0.25) is 15.9 Å². The fraction of sp³-hybridized carbons (Fsp3) is 0.467. The second kappa shape index (κ2) is 8.26. The highest BCUT2D eigenvalue weighted by Gasteiger charge is 2.39. The topological polar surface area (TPSA) is 104 Å². The van der Waals surface area contributed by atoms with Crippen LogP contribution >= 0.6 is 22.6 Å². The summed E-state index contributed by atoms with van der Waals surface area (Å²) in [4.78, 5) is 23.0. The van der Waals surface area contributed by atoms with E-state index in [0.29, 0.717) is 19.3 Å². The number of halogens is 1. The van der Waals surface area contributed by atoms with Gasteiger partial charge in [-0.1, -0.05) is 30.3 Å². The molecule has 1 aliphatic rings. The zero-order valence-corrected chi connectivity index (χ0v) is 15.9. The number of hydrogen-bond donors (Lipinski definition) is 2. The fourth-order valence-corrected chi connectivity index (χ4v) is 4.66. The van der Waals surface area contributed by atoms with Gasteiger partial charge in [0, 0.05) is 6.54 Å². The van der Waals surface area contributed by atoms with Crippen LogP contribution in [-0.2, 0) is 26.0 Å². The van der Waals surface area contributed by atoms with Crippen molar-refractivity contribution < 1.29 is 23.1 Å². The number of aryl methyl sites for hydroxylation is 1. The van der Waals surface area contributed by atoms with E-state index >= 15 is 0 Å². The molecule has 1 aromatic carbocycles. The average Bonchev–Trinajstić information content (AvgIpc) is 3.04. The van der Waals surface area contributed by atoms with Gasteiger partial charge in [0.1, 0.15) is 6.04 Å². The summed E-state index contributed by atoms with van der Waals surface area (Å²) in [6.45, 7) is 0.286. The highest BCUT2D eigenvalue weighted by atomic mass is 127. The van der Waals surface area contributed by atoms with Gasteiger partial charge in [0.15, 0.2) is 4.05 Å². The highest BCUT2D eigenvalue weighted by molar-refractivity contribution is 14.1. The first-order valence-corrected chi connectivity index (χ1v) is 10.4. The third-order valence-electron chi connectivity index (χ3n) is 3.84. The van der Waals surface area contributed by atoms with Gasteiger partial charge < -0.3 is 10.4 Å². The molecule has 7 nitrogen and oxygen atoms in total. The maximum absolute atomic E-state index is 12.6. The molecule has 1 fully saturated rings. The first-order chi connectivity index (χ1) is 11.3. The molecule has 2 N–H and O–H groups in total. The minimum atomic E-state index is -3.59. The molecule has 0 aromatic heterocycles. The number of hydrogen-bond acceptors (Lipinski definition) is 4. The second-order valence-corrected chi connectivity index (χ2v) is 8.82. The molecule has 0 saturated carbocycles. The van der Waals surface area contributed by atoms with Crippen LogP contribution in [-0.4, -0.2) is 52.1 Å². The van der Waals surface area contributed by atoms with E-state index in [0.717, 1.165) is 5.56 Å². The van der Waals surface area contributed by atoms with Crippen LogP contribution in [0.1, 0.15) is 18.4 Å². The fourth-order valence-electron chi connectivity index (χ4n) is 2.63. The van der Waals surface area contributed by atoms with Crippen LogP contribution in [0.4, 0.5) is 0 Å². The Morgan fingerprint density at radius 3 is 2.62 bits per heavy atom. The molecule has 0 radical (unpaired) electrons. The lowest BCUT2D eigenvalue weighted by Gasteiger charge is -2.24. The van der Waals surface area contributed by atoms with Crippen LogP contribution in [0.25, 0.3) is 0 Å². The quantitative estimate of drug-likeness (QED) is 0.355. The van der Waals surface area contributed by atoms with Gasteiger partial charge in [0.25, 0.3) is 0 Å². The molecule has 2 rings (SSSR count). The first-order valence-electron chi connectivity index (χ1n) is 7.52. The van der Waals surface area contributed by atoms with Gasteiger partial charge in [-0.2, -0.15) is 4.31 Å². The summed E-state index contributed by atoms with van der Waals surface area (Å²) >= 11 is 1.59. The summed E-state index contributed by atoms with van der Waals surface area (Å²) in [6.07, 6.45) is 1.36. The van der Waals surface area contributed by atoms with Crippen LogP contribution in [0.5, 0.6) is 0 Å². The number of nitrogens with zero attached hydrogens (tertiary/aromatic N) is 1. The Morgan fingerprint density at radius 2 is 2.00 bits per heavy atom. The molecule has 2 unspecified atom stereocenters. The van der Waals surface area contributed by atoms with Crippen molar-refractivity contribution >= 4 is 44.5 Å². The molecule has 1 aromatic rings. The Labute approximate surface area is 154 Å². The van der Waals surface area contributed by atoms with Crippen LogP contribution in [0.2, 0.25) is 0 Å². The number of carboxylic acids is 1. The number of alkyl halides is 1. The van der Waals surface area contributed by atoms with Crippen molar-refractivity contribution in [3.8, 4) is 0 Å². The lowest BCUT2D eigenvalue weighted by atomic mass is 10.2. The molecule has 1 aliphatic heterocycles. The summed E-state index contributed by atoms with van der Waals surface area (Å²) in [7, 11) is -3.59. The molecule has 1 saturated heterocycles. The molecular weight excluding hydrogens is 447 g/mol. The average molecular weight is 466 g/mol. The SMILES string of the molecule is O=C(O)C(I)NC(=O)C1CCCN1S(=O)(=O)CCc1ccccc1. The predicted octanol–water partition coefficient (Wildman–Crippen LogP) is 0.985. The van der Waals surface area contributed by atoms with Crippen molar-refractivity contribution in [3.05, 3.63) is 35.9 Å². The summed E-state index contributed by atoms with van der Waals surface area (Å²) in [5, 5.41) is 11.2. The molecule has 24 heavy (non-hydrogen) atoms. The van der Waals surface area contributed by atoms with Crippen LogP contribution in [0.3, 0.4) is 0 Å². The van der Waals surface area contributed by atoms with E-state index in [2.05, 4.69) is 5.32 Å². The van der Waals surface area contributed by atoms with E-state index in [9.17, 15) is 18.0 Å². The van der Waals surface area contributed by atoms with Crippen molar-refractivity contribution in [1.29, 1.82) is 0 Å². The monoisotopic (exact) mass is 466 g/mol. The largest absolute Gasteiger partial charge is 0.479 e. The molecule has 0 aliphatic carbocycles. The van der Waals surface area contributed by atoms with Crippen molar-refractivity contribution in [2.75, 3.05) is 12.3 Å². The molecule has 132 valence electrons. The maximum atomic E-state index is 12.6. The van der Waals surface area contributed by atoms with E-state index in [1.807, 2.05) is 30.3 Å². The Balaban J connectivity index is 2.02. The lowest BCUT2D eigenvalue weighted by molar-refractivity contribution is -0.139. The van der Waals surface area contributed by atoms with Gasteiger partial charge in [0.05, 0.1) is 5.75 Å². The number of benzene rings is 1. The molecule has 0 spiro atoms. The lowest BCUT2D eigenvalue weighted by Crippen LogP contribution is -2.49. The van der Waals surface area contributed by atoms with Crippen LogP contribution in [0.15, 0.2) is 30.3 Å². The Bertz CT molecular complexity index is 695. The number of rotatable bonds is 7. The summed E-state index contributed by atoms with van der Waals surface area (Å²) < 4.78 is 25.3. The Hall–Kier alpha value is -1.20. The molecule has 1 amide bonds. The molecule has 9 heteroatoms. The van der Waals surface area contributed by atoms with E-state index in [1.165, 1.54) is 4.31 Å². The van der Waals surface area contributed by atoms with E-state index < -0.39 is 32.0 Å². The molecule has 1 heterocycles. The van der Waals surface area contributed by atoms with E-state index in [4.69, 9.17) is 5.11 Å². The number of carbonyl (C=O) groups excluding carboxylic acids is 1. The maximum Gasteiger partial charge on any atom is 0.336 e. The van der Waals surface area contributed by atoms with Crippen LogP contribution in [0, 0.1) is 0 Å². The summed E-state index contributed by atoms with van der Waals surface area (Å²) in [5.74, 6) is -1.80. The van der Waals surface area contributed by atoms with Crippen LogP contribution < -0.4 is 5.32 Å². The van der Waals surface area contributed by atoms with Gasteiger partial charge in [-0.3, -0.25) is 4.79 Å². The number of amides is 1. The Morgan fingerprint density at radius 1 is 1.33 bits per heavy atom. The van der Waals surface area contributed by atoms with Crippen molar-refractivity contribution in [1.82, 2.24) is 9.62 Å². The third kappa shape index (κ3) is 4.90. The minimum Gasteiger partial charge on any atom is -0.479 e. The second-order valence-electron chi connectivity index (χ2n) is 5.53. The van der Waals surface area contributed by atoms with Crippen molar-refractivity contribution in [3.63, 3.8) is 0 Å². The number of sulfonamides is 1. The molecule has 2 atom stereocenters. The number of carbonyl (C=O) groups is 2.